The monoisotopic (exact) mass is 386 g/mol. The van der Waals surface area contributed by atoms with Gasteiger partial charge in [-0.15, -0.1) is 0 Å². The lowest BCUT2D eigenvalue weighted by Crippen LogP contribution is -2.39. The van der Waals surface area contributed by atoms with Crippen LogP contribution in [-0.4, -0.2) is 42.6 Å². The Morgan fingerprint density at radius 2 is 2.15 bits per heavy atom. The minimum absolute atomic E-state index is 0.174. The third kappa shape index (κ3) is 5.53. The maximum absolute atomic E-state index is 12.4. The highest BCUT2D eigenvalue weighted by molar-refractivity contribution is 6.30. The first-order valence-corrected chi connectivity index (χ1v) is 9.91. The Balaban J connectivity index is 1.74. The molecule has 27 heavy (non-hydrogen) atoms. The van der Waals surface area contributed by atoms with Gasteiger partial charge in [0.15, 0.2) is 0 Å². The van der Waals surface area contributed by atoms with E-state index in [-0.39, 0.29) is 5.91 Å². The second kappa shape index (κ2) is 9.34. The molecule has 1 amide bonds. The fraction of sp³-hybridized carbons (Fsp3) is 0.455. The van der Waals surface area contributed by atoms with Gasteiger partial charge in [0.25, 0.3) is 0 Å². The number of aromatic nitrogens is 1. The van der Waals surface area contributed by atoms with E-state index in [1.165, 1.54) is 11.1 Å². The molecular formula is C22H27ClN2O2. The smallest absolute Gasteiger partial charge is 0.224 e. The van der Waals surface area contributed by atoms with Crippen LogP contribution >= 0.6 is 11.6 Å². The lowest BCUT2D eigenvalue weighted by Gasteiger charge is -2.33. The summed E-state index contributed by atoms with van der Waals surface area (Å²) >= 11 is 6.12. The Hall–Kier alpha value is -1.91. The highest BCUT2D eigenvalue weighted by Gasteiger charge is 2.25. The molecule has 0 unspecified atom stereocenters. The van der Waals surface area contributed by atoms with E-state index in [0.29, 0.717) is 18.9 Å². The number of hydrogen-bond acceptors (Lipinski definition) is 3. The third-order valence-electron chi connectivity index (χ3n) is 5.04. The Morgan fingerprint density at radius 3 is 2.93 bits per heavy atom. The molecule has 1 aliphatic heterocycles. The first-order chi connectivity index (χ1) is 13.0. The van der Waals surface area contributed by atoms with Gasteiger partial charge in [0, 0.05) is 42.5 Å². The summed E-state index contributed by atoms with van der Waals surface area (Å²) < 4.78 is 5.04. The summed E-state index contributed by atoms with van der Waals surface area (Å²) in [6.07, 6.45) is 3.37. The van der Waals surface area contributed by atoms with Crippen molar-refractivity contribution < 1.29 is 9.53 Å². The van der Waals surface area contributed by atoms with Crippen molar-refractivity contribution in [2.24, 2.45) is 0 Å². The Bertz CT molecular complexity index is 794. The molecule has 1 aromatic carbocycles. The van der Waals surface area contributed by atoms with E-state index in [1.807, 2.05) is 30.0 Å². The quantitative estimate of drug-likeness (QED) is 0.740. The Kier molecular flexibility index (Phi) is 6.86. The van der Waals surface area contributed by atoms with Gasteiger partial charge in [-0.2, -0.15) is 0 Å². The molecule has 2 aromatic rings. The summed E-state index contributed by atoms with van der Waals surface area (Å²) in [6.45, 7) is 4.09. The number of pyridine rings is 1. The number of methoxy groups -OCH3 is 1. The molecule has 1 fully saturated rings. The maximum atomic E-state index is 12.4. The lowest BCUT2D eigenvalue weighted by atomic mass is 9.92. The molecule has 0 bridgehead atoms. The number of piperidine rings is 1. The molecule has 3 rings (SSSR count). The predicted octanol–water partition coefficient (Wildman–Crippen LogP) is 4.38. The average Bonchev–Trinajstić information content (AvgIpc) is 2.66. The zero-order chi connectivity index (χ0) is 19.2. The van der Waals surface area contributed by atoms with E-state index in [1.54, 1.807) is 7.11 Å². The highest BCUT2D eigenvalue weighted by Crippen LogP contribution is 2.27. The number of likely N-dealkylation sites (tertiary alicyclic amines) is 1. The zero-order valence-electron chi connectivity index (χ0n) is 16.1. The number of rotatable bonds is 6. The topological polar surface area (TPSA) is 42.4 Å². The van der Waals surface area contributed by atoms with Crippen molar-refractivity contribution in [2.45, 2.75) is 38.5 Å². The summed E-state index contributed by atoms with van der Waals surface area (Å²) in [7, 11) is 1.63. The van der Waals surface area contributed by atoms with E-state index < -0.39 is 0 Å². The van der Waals surface area contributed by atoms with E-state index in [0.717, 1.165) is 48.8 Å². The minimum atomic E-state index is 0.174. The van der Waals surface area contributed by atoms with Gasteiger partial charge in [-0.25, -0.2) is 0 Å². The van der Waals surface area contributed by atoms with Gasteiger partial charge < -0.3 is 9.64 Å². The van der Waals surface area contributed by atoms with Crippen LogP contribution in [0.4, 0.5) is 0 Å². The molecule has 1 atom stereocenters. The number of nitrogens with zero attached hydrogens (tertiary/aromatic N) is 2. The molecule has 1 aliphatic rings. The summed E-state index contributed by atoms with van der Waals surface area (Å²) in [5.41, 5.74) is 4.55. The van der Waals surface area contributed by atoms with Crippen LogP contribution in [0.1, 0.15) is 47.7 Å². The van der Waals surface area contributed by atoms with Crippen molar-refractivity contribution in [1.82, 2.24) is 9.88 Å². The fourth-order valence-corrected chi connectivity index (χ4v) is 3.97. The fourth-order valence-electron chi connectivity index (χ4n) is 3.75. The third-order valence-corrected chi connectivity index (χ3v) is 5.28. The van der Waals surface area contributed by atoms with Crippen molar-refractivity contribution in [2.75, 3.05) is 26.8 Å². The van der Waals surface area contributed by atoms with Gasteiger partial charge in [-0.3, -0.25) is 9.78 Å². The second-order valence-corrected chi connectivity index (χ2v) is 7.71. The van der Waals surface area contributed by atoms with Crippen LogP contribution in [0.25, 0.3) is 0 Å². The van der Waals surface area contributed by atoms with Gasteiger partial charge in [0.1, 0.15) is 0 Å². The van der Waals surface area contributed by atoms with Crippen LogP contribution in [0, 0.1) is 6.92 Å². The number of amides is 1. The number of aryl methyl sites for hydroxylation is 1. The molecule has 0 N–H and O–H groups in total. The van der Waals surface area contributed by atoms with Crippen molar-refractivity contribution in [3.05, 3.63) is 63.9 Å². The van der Waals surface area contributed by atoms with Crippen LogP contribution in [0.2, 0.25) is 5.02 Å². The molecule has 0 aliphatic carbocycles. The van der Waals surface area contributed by atoms with Gasteiger partial charge in [-0.1, -0.05) is 23.7 Å². The van der Waals surface area contributed by atoms with Crippen molar-refractivity contribution in [3.63, 3.8) is 0 Å². The van der Waals surface area contributed by atoms with E-state index in [2.05, 4.69) is 18.2 Å². The second-order valence-electron chi connectivity index (χ2n) is 7.27. The van der Waals surface area contributed by atoms with Gasteiger partial charge in [0.05, 0.1) is 13.0 Å². The van der Waals surface area contributed by atoms with E-state index >= 15 is 0 Å². The van der Waals surface area contributed by atoms with Crippen LogP contribution in [-0.2, 0) is 16.0 Å². The molecule has 144 valence electrons. The van der Waals surface area contributed by atoms with E-state index in [4.69, 9.17) is 21.3 Å². The number of carbonyl (C=O) groups excluding carboxylic acids is 1. The normalized spacial score (nSPS) is 17.1. The van der Waals surface area contributed by atoms with Crippen LogP contribution < -0.4 is 0 Å². The maximum Gasteiger partial charge on any atom is 0.224 e. The molecule has 0 spiro atoms. The molecule has 0 radical (unpaired) electrons. The zero-order valence-corrected chi connectivity index (χ0v) is 16.8. The summed E-state index contributed by atoms with van der Waals surface area (Å²) in [6, 6.07) is 12.3. The lowest BCUT2D eigenvalue weighted by molar-refractivity contribution is -0.133. The van der Waals surface area contributed by atoms with Gasteiger partial charge in [0.2, 0.25) is 5.91 Å². The Labute approximate surface area is 166 Å². The molecule has 4 nitrogen and oxygen atoms in total. The average molecular weight is 387 g/mol. The van der Waals surface area contributed by atoms with Crippen LogP contribution in [0.5, 0.6) is 0 Å². The first kappa shape index (κ1) is 19.8. The Morgan fingerprint density at radius 1 is 1.30 bits per heavy atom. The highest BCUT2D eigenvalue weighted by atomic mass is 35.5. The van der Waals surface area contributed by atoms with Crippen LogP contribution in [0.3, 0.4) is 0 Å². The molecule has 1 saturated heterocycles. The van der Waals surface area contributed by atoms with Crippen LogP contribution in [0.15, 0.2) is 36.4 Å². The number of hydrogen-bond donors (Lipinski definition) is 0. The molecule has 5 heteroatoms. The standard InChI is InChI=1S/C22H27ClN2O2/c1-16-11-18(12-17-5-3-7-20(23)13-17)14-21(24-16)19-6-4-9-25(15-19)22(26)8-10-27-2/h3,5,7,11,13-14,19H,4,6,8-10,12,15H2,1-2H3/t19-/m0/s1. The summed E-state index contributed by atoms with van der Waals surface area (Å²) in [4.78, 5) is 19.1. The van der Waals surface area contributed by atoms with E-state index in [9.17, 15) is 4.79 Å². The number of carbonyl (C=O) groups is 1. The number of halogens is 1. The van der Waals surface area contributed by atoms with Crippen molar-refractivity contribution in [3.8, 4) is 0 Å². The number of benzene rings is 1. The predicted molar refractivity (Wildman–Crippen MR) is 108 cm³/mol. The summed E-state index contributed by atoms with van der Waals surface area (Å²) in [5.74, 6) is 0.469. The number of ether oxygens (including phenoxy) is 1. The van der Waals surface area contributed by atoms with Gasteiger partial charge >= 0.3 is 0 Å². The minimum Gasteiger partial charge on any atom is -0.384 e. The summed E-state index contributed by atoms with van der Waals surface area (Å²) in [5, 5.41) is 0.760. The SMILES string of the molecule is COCCC(=O)N1CCC[C@H](c2cc(Cc3cccc(Cl)c3)cc(C)n2)C1. The molecular weight excluding hydrogens is 360 g/mol. The first-order valence-electron chi connectivity index (χ1n) is 9.54. The molecule has 2 heterocycles. The largest absolute Gasteiger partial charge is 0.384 e. The molecule has 0 saturated carbocycles. The van der Waals surface area contributed by atoms with Crippen molar-refractivity contribution in [1.29, 1.82) is 0 Å². The molecule has 1 aromatic heterocycles. The van der Waals surface area contributed by atoms with Gasteiger partial charge in [-0.05, 0) is 61.6 Å². The van der Waals surface area contributed by atoms with Crippen molar-refractivity contribution >= 4 is 17.5 Å².